The zero-order valence-corrected chi connectivity index (χ0v) is 10.0. The highest BCUT2D eigenvalue weighted by atomic mass is 16.5. The fourth-order valence-electron chi connectivity index (χ4n) is 1.06. The maximum Gasteiger partial charge on any atom is 0.209 e. The molecule has 1 heterocycles. The largest absolute Gasteiger partial charge is 0.379 e. The summed E-state index contributed by atoms with van der Waals surface area (Å²) in [6, 6.07) is 0. The second-order valence-electron chi connectivity index (χ2n) is 4.81. The molecule has 1 rings (SSSR count). The van der Waals surface area contributed by atoms with E-state index in [0.29, 0.717) is 0 Å². The van der Waals surface area contributed by atoms with E-state index in [9.17, 15) is 4.79 Å². The van der Waals surface area contributed by atoms with Gasteiger partial charge in [0, 0.05) is 20.2 Å². The topological polar surface area (TPSA) is 29.5 Å². The average molecular weight is 201 g/mol. The lowest BCUT2D eigenvalue weighted by Crippen LogP contribution is -2.17. The van der Waals surface area contributed by atoms with Crippen LogP contribution < -0.4 is 0 Å². The predicted octanol–water partition coefficient (Wildman–Crippen LogP) is 1.92. The SMILES string of the molecule is CC1CCN(C=O)C1.COC(C)(C)C. The van der Waals surface area contributed by atoms with Crippen molar-refractivity contribution in [3.63, 3.8) is 0 Å². The minimum Gasteiger partial charge on any atom is -0.379 e. The number of amides is 1. The Hall–Kier alpha value is -0.570. The molecule has 0 aromatic carbocycles. The van der Waals surface area contributed by atoms with Crippen molar-refractivity contribution < 1.29 is 9.53 Å². The molecule has 0 aliphatic carbocycles. The molecule has 14 heavy (non-hydrogen) atoms. The summed E-state index contributed by atoms with van der Waals surface area (Å²) in [5, 5.41) is 0. The third-order valence-corrected chi connectivity index (χ3v) is 2.22. The van der Waals surface area contributed by atoms with Gasteiger partial charge >= 0.3 is 0 Å². The van der Waals surface area contributed by atoms with Gasteiger partial charge in [0.25, 0.3) is 0 Å². The second kappa shape index (κ2) is 6.02. The van der Waals surface area contributed by atoms with E-state index in [-0.39, 0.29) is 5.60 Å². The van der Waals surface area contributed by atoms with Crippen LogP contribution in [0.25, 0.3) is 0 Å². The Morgan fingerprint density at radius 2 is 1.93 bits per heavy atom. The van der Waals surface area contributed by atoms with Gasteiger partial charge in [-0.05, 0) is 33.1 Å². The van der Waals surface area contributed by atoms with E-state index in [1.807, 2.05) is 25.7 Å². The number of likely N-dealkylation sites (tertiary alicyclic amines) is 1. The minimum absolute atomic E-state index is 0.0417. The maximum atomic E-state index is 10.1. The van der Waals surface area contributed by atoms with Gasteiger partial charge in [0.1, 0.15) is 0 Å². The van der Waals surface area contributed by atoms with Crippen LogP contribution in [0, 0.1) is 5.92 Å². The van der Waals surface area contributed by atoms with Crippen LogP contribution in [-0.4, -0.2) is 37.1 Å². The van der Waals surface area contributed by atoms with Crippen LogP contribution in [0.4, 0.5) is 0 Å². The summed E-state index contributed by atoms with van der Waals surface area (Å²) in [7, 11) is 1.71. The van der Waals surface area contributed by atoms with E-state index < -0.39 is 0 Å². The Kier molecular flexibility index (Phi) is 5.77. The molecule has 0 N–H and O–H groups in total. The number of carbonyl (C=O) groups is 1. The summed E-state index contributed by atoms with van der Waals surface area (Å²) in [5.74, 6) is 0.722. The molecule has 1 fully saturated rings. The van der Waals surface area contributed by atoms with Gasteiger partial charge in [0.2, 0.25) is 6.41 Å². The van der Waals surface area contributed by atoms with Gasteiger partial charge in [0.15, 0.2) is 0 Å². The van der Waals surface area contributed by atoms with Crippen molar-refractivity contribution in [1.82, 2.24) is 4.90 Å². The highest BCUT2D eigenvalue weighted by Gasteiger charge is 2.15. The maximum absolute atomic E-state index is 10.1. The number of hydrogen-bond acceptors (Lipinski definition) is 2. The molecule has 0 saturated carbocycles. The van der Waals surface area contributed by atoms with Crippen molar-refractivity contribution in [3.05, 3.63) is 0 Å². The molecule has 0 bridgehead atoms. The molecule has 1 amide bonds. The van der Waals surface area contributed by atoms with Crippen molar-refractivity contribution >= 4 is 6.41 Å². The molecule has 0 spiro atoms. The molecule has 1 aliphatic rings. The molecule has 1 atom stereocenters. The number of rotatable bonds is 1. The molecule has 0 aromatic rings. The Labute approximate surface area is 87.4 Å². The first-order chi connectivity index (χ1) is 6.39. The summed E-state index contributed by atoms with van der Waals surface area (Å²) in [6.45, 7) is 10.2. The first kappa shape index (κ1) is 13.4. The van der Waals surface area contributed by atoms with Gasteiger partial charge in [0.05, 0.1) is 5.60 Å². The molecular formula is C11H23NO2. The monoisotopic (exact) mass is 201 g/mol. The van der Waals surface area contributed by atoms with E-state index in [1.54, 1.807) is 7.11 Å². The van der Waals surface area contributed by atoms with Gasteiger partial charge in [-0.15, -0.1) is 0 Å². The van der Waals surface area contributed by atoms with E-state index in [2.05, 4.69) is 6.92 Å². The Bertz CT molecular complexity index is 163. The summed E-state index contributed by atoms with van der Waals surface area (Å²) in [4.78, 5) is 11.9. The molecule has 0 radical (unpaired) electrons. The quantitative estimate of drug-likeness (QED) is 0.607. The number of carbonyl (C=O) groups excluding carboxylic acids is 1. The average Bonchev–Trinajstić information content (AvgIpc) is 2.51. The van der Waals surface area contributed by atoms with Crippen LogP contribution in [0.1, 0.15) is 34.1 Å². The standard InChI is InChI=1S/C6H11NO.C5H12O/c1-6-2-3-7(4-6)5-8;1-5(2,3)6-4/h5-6H,2-4H2,1H3;1-4H3. The number of ether oxygens (including phenoxy) is 1. The normalized spacial score (nSPS) is 21.5. The third-order valence-electron chi connectivity index (χ3n) is 2.22. The third kappa shape index (κ3) is 6.89. The van der Waals surface area contributed by atoms with E-state index in [0.717, 1.165) is 25.4 Å². The first-order valence-corrected chi connectivity index (χ1v) is 5.13. The van der Waals surface area contributed by atoms with E-state index >= 15 is 0 Å². The summed E-state index contributed by atoms with van der Waals surface area (Å²) >= 11 is 0. The van der Waals surface area contributed by atoms with Crippen LogP contribution in [0.5, 0.6) is 0 Å². The first-order valence-electron chi connectivity index (χ1n) is 5.13. The number of nitrogens with zero attached hydrogens (tertiary/aromatic N) is 1. The lowest BCUT2D eigenvalue weighted by molar-refractivity contribution is -0.117. The molecule has 0 aromatic heterocycles. The van der Waals surface area contributed by atoms with Gasteiger partial charge in [-0.2, -0.15) is 0 Å². The van der Waals surface area contributed by atoms with Crippen LogP contribution in [0.2, 0.25) is 0 Å². The summed E-state index contributed by atoms with van der Waals surface area (Å²) in [5.41, 5.74) is 0.0417. The molecule has 1 aliphatic heterocycles. The predicted molar refractivity (Wildman–Crippen MR) is 58.2 cm³/mol. The van der Waals surface area contributed by atoms with Gasteiger partial charge < -0.3 is 9.64 Å². The fourth-order valence-corrected chi connectivity index (χ4v) is 1.06. The summed E-state index contributed by atoms with van der Waals surface area (Å²) in [6.07, 6.45) is 2.11. The van der Waals surface area contributed by atoms with E-state index in [4.69, 9.17) is 4.74 Å². The van der Waals surface area contributed by atoms with Gasteiger partial charge in [-0.1, -0.05) is 6.92 Å². The van der Waals surface area contributed by atoms with Crippen molar-refractivity contribution in [1.29, 1.82) is 0 Å². The highest BCUT2D eigenvalue weighted by molar-refractivity contribution is 5.47. The Morgan fingerprint density at radius 3 is 2.07 bits per heavy atom. The molecule has 3 nitrogen and oxygen atoms in total. The molecule has 1 unspecified atom stereocenters. The van der Waals surface area contributed by atoms with Crippen LogP contribution >= 0.6 is 0 Å². The zero-order chi connectivity index (χ0) is 11.2. The second-order valence-corrected chi connectivity index (χ2v) is 4.81. The highest BCUT2D eigenvalue weighted by Crippen LogP contribution is 2.11. The van der Waals surface area contributed by atoms with Crippen LogP contribution in [-0.2, 0) is 9.53 Å². The lowest BCUT2D eigenvalue weighted by Gasteiger charge is -2.14. The Balaban J connectivity index is 0.000000255. The van der Waals surface area contributed by atoms with Crippen LogP contribution in [0.3, 0.4) is 0 Å². The van der Waals surface area contributed by atoms with E-state index in [1.165, 1.54) is 6.42 Å². The van der Waals surface area contributed by atoms with Gasteiger partial charge in [-0.3, -0.25) is 4.79 Å². The number of hydrogen-bond donors (Lipinski definition) is 0. The van der Waals surface area contributed by atoms with Crippen LogP contribution in [0.15, 0.2) is 0 Å². The van der Waals surface area contributed by atoms with Crippen molar-refractivity contribution in [2.24, 2.45) is 5.92 Å². The van der Waals surface area contributed by atoms with Crippen molar-refractivity contribution in [2.45, 2.75) is 39.7 Å². The zero-order valence-electron chi connectivity index (χ0n) is 10.0. The smallest absolute Gasteiger partial charge is 0.209 e. The molecule has 1 saturated heterocycles. The minimum atomic E-state index is 0.0417. The van der Waals surface area contributed by atoms with Gasteiger partial charge in [-0.25, -0.2) is 0 Å². The fraction of sp³-hybridized carbons (Fsp3) is 0.909. The lowest BCUT2D eigenvalue weighted by atomic mass is 10.2. The molecular weight excluding hydrogens is 178 g/mol. The summed E-state index contributed by atoms with van der Waals surface area (Å²) < 4.78 is 4.94. The molecule has 84 valence electrons. The van der Waals surface area contributed by atoms with Crippen molar-refractivity contribution in [2.75, 3.05) is 20.2 Å². The number of methoxy groups -OCH3 is 1. The Morgan fingerprint density at radius 1 is 1.43 bits per heavy atom. The molecule has 3 heteroatoms. The van der Waals surface area contributed by atoms with Crippen molar-refractivity contribution in [3.8, 4) is 0 Å².